The Hall–Kier alpha value is -1.23. The van der Waals surface area contributed by atoms with Crippen molar-refractivity contribution in [2.45, 2.75) is 11.8 Å². The molecule has 82 valence electrons. The molecule has 0 aliphatic carbocycles. The summed E-state index contributed by atoms with van der Waals surface area (Å²) in [6, 6.07) is 4.38. The predicted octanol–water partition coefficient (Wildman–Crippen LogP) is 1.23. The van der Waals surface area contributed by atoms with Crippen molar-refractivity contribution in [3.63, 3.8) is 0 Å². The summed E-state index contributed by atoms with van der Waals surface area (Å²) in [4.78, 5) is 0.201. The first-order valence-corrected chi connectivity index (χ1v) is 6.44. The molecule has 1 aromatic rings. The third-order valence-corrected chi connectivity index (χ3v) is 4.46. The third kappa shape index (κ3) is 1.92. The van der Waals surface area contributed by atoms with Gasteiger partial charge >= 0.3 is 0 Å². The van der Waals surface area contributed by atoms with Crippen LogP contribution in [0.25, 0.3) is 0 Å². The molecular weight excluding hydrogens is 214 g/mol. The van der Waals surface area contributed by atoms with Crippen LogP contribution in [0.2, 0.25) is 0 Å². The molecule has 1 aliphatic heterocycles. The number of hydrogen-bond acceptors (Lipinski definition) is 4. The topological polar surface area (TPSA) is 66.4 Å². The molecule has 0 radical (unpaired) electrons. The molecule has 1 aliphatic rings. The number of phenolic OH excluding ortho intramolecular Hbond substituents is 1. The molecule has 1 heterocycles. The molecule has 0 fully saturated rings. The number of sulfone groups is 1. The Balaban J connectivity index is 2.60. The minimum atomic E-state index is -3.27. The molecule has 0 bridgehead atoms. The van der Waals surface area contributed by atoms with Crippen LogP contribution in [0.4, 0.5) is 5.69 Å². The van der Waals surface area contributed by atoms with Gasteiger partial charge in [0.2, 0.25) is 0 Å². The molecule has 1 atom stereocenters. The normalized spacial score (nSPS) is 23.7. The summed E-state index contributed by atoms with van der Waals surface area (Å²) in [5.74, 6) is 0.175. The molecule has 5 heteroatoms. The van der Waals surface area contributed by atoms with Gasteiger partial charge in [0.15, 0.2) is 9.84 Å². The van der Waals surface area contributed by atoms with E-state index in [2.05, 4.69) is 5.32 Å². The fourth-order valence-corrected chi connectivity index (χ4v) is 3.54. The van der Waals surface area contributed by atoms with Crippen LogP contribution in [-0.4, -0.2) is 25.8 Å². The lowest BCUT2D eigenvalue weighted by Crippen LogP contribution is -2.15. The Morgan fingerprint density at radius 2 is 2.20 bits per heavy atom. The first-order valence-electron chi connectivity index (χ1n) is 4.79. The molecule has 1 aromatic carbocycles. The van der Waals surface area contributed by atoms with E-state index in [4.69, 9.17) is 0 Å². The first kappa shape index (κ1) is 10.3. The second-order valence-electron chi connectivity index (χ2n) is 3.95. The van der Waals surface area contributed by atoms with Gasteiger partial charge in [-0.1, -0.05) is 6.92 Å². The zero-order chi connectivity index (χ0) is 11.1. The van der Waals surface area contributed by atoms with Crippen LogP contribution in [-0.2, 0) is 9.84 Å². The standard InChI is InChI=1S/C10H13NO3S/c1-7-5-11-9-3-2-8(12)4-10(9)15(13,14)6-7/h2-4,7,11-12H,5-6H2,1H3. The molecule has 0 amide bonds. The number of fused-ring (bicyclic) bond motifs is 1. The second kappa shape index (κ2) is 3.41. The lowest BCUT2D eigenvalue weighted by Gasteiger charge is -2.06. The molecule has 0 saturated heterocycles. The van der Waals surface area contributed by atoms with E-state index in [9.17, 15) is 13.5 Å². The van der Waals surface area contributed by atoms with Crippen molar-refractivity contribution in [2.24, 2.45) is 5.92 Å². The number of nitrogens with one attached hydrogen (secondary N) is 1. The Bertz CT molecular complexity index is 481. The number of benzene rings is 1. The van der Waals surface area contributed by atoms with Crippen LogP contribution >= 0.6 is 0 Å². The quantitative estimate of drug-likeness (QED) is 0.654. The number of rotatable bonds is 0. The van der Waals surface area contributed by atoms with Crippen LogP contribution in [0.1, 0.15) is 6.92 Å². The van der Waals surface area contributed by atoms with Crippen molar-refractivity contribution < 1.29 is 13.5 Å². The third-order valence-electron chi connectivity index (χ3n) is 2.45. The van der Waals surface area contributed by atoms with Gasteiger partial charge in [0, 0.05) is 12.6 Å². The van der Waals surface area contributed by atoms with Crippen LogP contribution < -0.4 is 5.32 Å². The Kier molecular flexibility index (Phi) is 2.34. The summed E-state index contributed by atoms with van der Waals surface area (Å²) in [7, 11) is -3.27. The molecule has 15 heavy (non-hydrogen) atoms. The maximum Gasteiger partial charge on any atom is 0.180 e. The van der Waals surface area contributed by atoms with E-state index in [1.807, 2.05) is 6.92 Å². The summed E-state index contributed by atoms with van der Waals surface area (Å²) >= 11 is 0. The van der Waals surface area contributed by atoms with Crippen molar-refractivity contribution >= 4 is 15.5 Å². The van der Waals surface area contributed by atoms with Crippen molar-refractivity contribution in [1.82, 2.24) is 0 Å². The predicted molar refractivity (Wildman–Crippen MR) is 57.8 cm³/mol. The fourth-order valence-electron chi connectivity index (χ4n) is 1.72. The number of aromatic hydroxyl groups is 1. The van der Waals surface area contributed by atoms with E-state index in [0.29, 0.717) is 12.2 Å². The smallest absolute Gasteiger partial charge is 0.180 e. The molecule has 2 rings (SSSR count). The highest BCUT2D eigenvalue weighted by Gasteiger charge is 2.25. The Morgan fingerprint density at radius 1 is 1.47 bits per heavy atom. The summed E-state index contributed by atoms with van der Waals surface area (Å²) < 4.78 is 23.8. The largest absolute Gasteiger partial charge is 0.508 e. The zero-order valence-electron chi connectivity index (χ0n) is 8.40. The van der Waals surface area contributed by atoms with Crippen LogP contribution in [0.15, 0.2) is 23.1 Å². The molecule has 0 aromatic heterocycles. The fraction of sp³-hybridized carbons (Fsp3) is 0.400. The van der Waals surface area contributed by atoms with E-state index in [1.165, 1.54) is 12.1 Å². The van der Waals surface area contributed by atoms with Gasteiger partial charge in [-0.25, -0.2) is 8.42 Å². The van der Waals surface area contributed by atoms with Gasteiger partial charge in [0.05, 0.1) is 16.3 Å². The Labute approximate surface area is 88.9 Å². The first-order chi connectivity index (χ1) is 6.99. The van der Waals surface area contributed by atoms with E-state index >= 15 is 0 Å². The summed E-state index contributed by atoms with van der Waals surface area (Å²) in [5, 5.41) is 12.4. The number of phenols is 1. The Morgan fingerprint density at radius 3 is 2.93 bits per heavy atom. The summed E-state index contributed by atoms with van der Waals surface area (Å²) in [6.07, 6.45) is 0. The van der Waals surface area contributed by atoms with E-state index in [-0.39, 0.29) is 22.3 Å². The average molecular weight is 227 g/mol. The van der Waals surface area contributed by atoms with Gasteiger partial charge in [-0.2, -0.15) is 0 Å². The number of hydrogen-bond donors (Lipinski definition) is 2. The van der Waals surface area contributed by atoms with Crippen molar-refractivity contribution in [3.05, 3.63) is 18.2 Å². The minimum Gasteiger partial charge on any atom is -0.508 e. The summed E-state index contributed by atoms with van der Waals surface area (Å²) in [6.45, 7) is 2.52. The minimum absolute atomic E-state index is 0.0197. The van der Waals surface area contributed by atoms with E-state index in [0.717, 1.165) is 0 Å². The van der Waals surface area contributed by atoms with Gasteiger partial charge < -0.3 is 10.4 Å². The average Bonchev–Trinajstić information content (AvgIpc) is 2.24. The maximum atomic E-state index is 11.9. The van der Waals surface area contributed by atoms with Gasteiger partial charge in [-0.3, -0.25) is 0 Å². The van der Waals surface area contributed by atoms with Crippen molar-refractivity contribution in [3.8, 4) is 5.75 Å². The summed E-state index contributed by atoms with van der Waals surface area (Å²) in [5.41, 5.74) is 0.581. The highest BCUT2D eigenvalue weighted by Crippen LogP contribution is 2.30. The molecule has 2 N–H and O–H groups in total. The molecule has 0 saturated carbocycles. The second-order valence-corrected chi connectivity index (χ2v) is 5.95. The van der Waals surface area contributed by atoms with Crippen LogP contribution in [0, 0.1) is 5.92 Å². The van der Waals surface area contributed by atoms with Crippen LogP contribution in [0.5, 0.6) is 5.75 Å². The van der Waals surface area contributed by atoms with Crippen LogP contribution in [0.3, 0.4) is 0 Å². The molecule has 4 nitrogen and oxygen atoms in total. The highest BCUT2D eigenvalue weighted by molar-refractivity contribution is 7.91. The van der Waals surface area contributed by atoms with Crippen molar-refractivity contribution in [1.29, 1.82) is 0 Å². The molecule has 1 unspecified atom stereocenters. The van der Waals surface area contributed by atoms with Gasteiger partial charge in [-0.15, -0.1) is 0 Å². The lowest BCUT2D eigenvalue weighted by molar-refractivity contribution is 0.473. The highest BCUT2D eigenvalue weighted by atomic mass is 32.2. The SMILES string of the molecule is CC1CNc2ccc(O)cc2S(=O)(=O)C1. The van der Waals surface area contributed by atoms with Crippen molar-refractivity contribution in [2.75, 3.05) is 17.6 Å². The monoisotopic (exact) mass is 227 g/mol. The molecule has 0 spiro atoms. The lowest BCUT2D eigenvalue weighted by atomic mass is 10.2. The van der Waals surface area contributed by atoms with E-state index in [1.54, 1.807) is 6.07 Å². The maximum absolute atomic E-state index is 11.9. The zero-order valence-corrected chi connectivity index (χ0v) is 9.21. The van der Waals surface area contributed by atoms with Gasteiger partial charge in [0.1, 0.15) is 5.75 Å². The van der Waals surface area contributed by atoms with Gasteiger partial charge in [0.25, 0.3) is 0 Å². The van der Waals surface area contributed by atoms with E-state index < -0.39 is 9.84 Å². The number of anilines is 1. The molecular formula is C10H13NO3S. The van der Waals surface area contributed by atoms with Gasteiger partial charge in [-0.05, 0) is 18.1 Å².